The van der Waals surface area contributed by atoms with Crippen molar-refractivity contribution in [3.05, 3.63) is 0 Å². The molecule has 1 fully saturated rings. The van der Waals surface area contributed by atoms with Crippen molar-refractivity contribution >= 4 is 5.91 Å². The van der Waals surface area contributed by atoms with Crippen LogP contribution >= 0.6 is 0 Å². The number of likely N-dealkylation sites (tertiary alicyclic amines) is 1. The number of hydrogen-bond donors (Lipinski definition) is 3. The molecule has 3 unspecified atom stereocenters. The zero-order valence-corrected chi connectivity index (χ0v) is 8.60. The number of carbonyl (C=O) groups is 1. The van der Waals surface area contributed by atoms with E-state index < -0.39 is 12.2 Å². The van der Waals surface area contributed by atoms with Gasteiger partial charge in [0.05, 0.1) is 12.2 Å². The fourth-order valence-corrected chi connectivity index (χ4v) is 1.65. The summed E-state index contributed by atoms with van der Waals surface area (Å²) in [6, 6.07) is 0. The first-order valence-electron chi connectivity index (χ1n) is 4.85. The molecule has 14 heavy (non-hydrogen) atoms. The van der Waals surface area contributed by atoms with E-state index in [1.54, 1.807) is 7.05 Å². The number of rotatable bonds is 3. The Morgan fingerprint density at radius 1 is 1.50 bits per heavy atom. The molecule has 1 heterocycles. The van der Waals surface area contributed by atoms with Crippen molar-refractivity contribution in [1.29, 1.82) is 0 Å². The van der Waals surface area contributed by atoms with Gasteiger partial charge in [-0.25, -0.2) is 0 Å². The van der Waals surface area contributed by atoms with Gasteiger partial charge in [0.2, 0.25) is 5.91 Å². The summed E-state index contributed by atoms with van der Waals surface area (Å²) in [5, 5.41) is 21.5. The van der Waals surface area contributed by atoms with Crippen LogP contribution in [0.5, 0.6) is 0 Å². The van der Waals surface area contributed by atoms with Gasteiger partial charge in [0.25, 0.3) is 0 Å². The van der Waals surface area contributed by atoms with E-state index in [-0.39, 0.29) is 24.9 Å². The van der Waals surface area contributed by atoms with E-state index >= 15 is 0 Å². The highest BCUT2D eigenvalue weighted by Gasteiger charge is 2.33. The minimum absolute atomic E-state index is 0.0186. The van der Waals surface area contributed by atoms with E-state index in [1.165, 1.54) is 4.90 Å². The van der Waals surface area contributed by atoms with E-state index in [9.17, 15) is 15.0 Å². The number of nitrogens with zero attached hydrogens (tertiary/aromatic N) is 1. The van der Waals surface area contributed by atoms with Gasteiger partial charge >= 0.3 is 0 Å². The predicted octanol–water partition coefficient (Wildman–Crippen LogP) is -1.59. The molecule has 5 nitrogen and oxygen atoms in total. The van der Waals surface area contributed by atoms with Crippen LogP contribution < -0.4 is 5.32 Å². The molecule has 0 spiro atoms. The maximum absolute atomic E-state index is 11.7. The number of aliphatic hydroxyl groups excluding tert-OH is 2. The second-order valence-corrected chi connectivity index (χ2v) is 3.84. The Bertz CT molecular complexity index is 200. The molecule has 1 saturated heterocycles. The van der Waals surface area contributed by atoms with Crippen molar-refractivity contribution in [1.82, 2.24) is 10.2 Å². The van der Waals surface area contributed by atoms with E-state index in [4.69, 9.17) is 0 Å². The van der Waals surface area contributed by atoms with Crippen LogP contribution in [-0.2, 0) is 4.79 Å². The quantitative estimate of drug-likeness (QED) is 0.516. The van der Waals surface area contributed by atoms with E-state index in [0.29, 0.717) is 6.54 Å². The Morgan fingerprint density at radius 3 is 2.43 bits per heavy atom. The Kier molecular flexibility index (Phi) is 3.86. The maximum Gasteiger partial charge on any atom is 0.226 e. The molecule has 3 atom stereocenters. The molecule has 1 amide bonds. The summed E-state index contributed by atoms with van der Waals surface area (Å²) in [4.78, 5) is 13.2. The van der Waals surface area contributed by atoms with Gasteiger partial charge in [-0.05, 0) is 7.05 Å². The highest BCUT2D eigenvalue weighted by Crippen LogP contribution is 2.13. The molecule has 1 rings (SSSR count). The van der Waals surface area contributed by atoms with Gasteiger partial charge in [0.1, 0.15) is 0 Å². The van der Waals surface area contributed by atoms with Gasteiger partial charge in [0, 0.05) is 25.6 Å². The zero-order chi connectivity index (χ0) is 10.7. The lowest BCUT2D eigenvalue weighted by Crippen LogP contribution is -2.37. The summed E-state index contributed by atoms with van der Waals surface area (Å²) < 4.78 is 0. The average molecular weight is 202 g/mol. The summed E-state index contributed by atoms with van der Waals surface area (Å²) in [5.41, 5.74) is 0. The van der Waals surface area contributed by atoms with Gasteiger partial charge in [0.15, 0.2) is 0 Å². The molecular weight excluding hydrogens is 184 g/mol. The van der Waals surface area contributed by atoms with Crippen LogP contribution in [0, 0.1) is 5.92 Å². The Balaban J connectivity index is 2.46. The standard InChI is InChI=1S/C9H18N2O3/c1-6(3-10-2)9(14)11-4-7(12)8(13)5-11/h6-8,10,12-13H,3-5H2,1-2H3. The molecule has 3 N–H and O–H groups in total. The van der Waals surface area contributed by atoms with Crippen molar-refractivity contribution in [2.45, 2.75) is 19.1 Å². The zero-order valence-electron chi connectivity index (χ0n) is 8.60. The summed E-state index contributed by atoms with van der Waals surface area (Å²) in [6.45, 7) is 2.93. The average Bonchev–Trinajstić information content (AvgIpc) is 2.46. The molecule has 1 aliphatic rings. The minimum Gasteiger partial charge on any atom is -0.388 e. The summed E-state index contributed by atoms with van der Waals surface area (Å²) in [6.07, 6.45) is -1.58. The molecule has 0 radical (unpaired) electrons. The number of hydrogen-bond acceptors (Lipinski definition) is 4. The van der Waals surface area contributed by atoms with Crippen molar-refractivity contribution in [3.8, 4) is 0 Å². The molecule has 0 aromatic rings. The van der Waals surface area contributed by atoms with Crippen LogP contribution in [-0.4, -0.2) is 59.9 Å². The van der Waals surface area contributed by atoms with Crippen molar-refractivity contribution in [2.75, 3.05) is 26.7 Å². The van der Waals surface area contributed by atoms with E-state index in [2.05, 4.69) is 5.32 Å². The van der Waals surface area contributed by atoms with E-state index in [1.807, 2.05) is 6.92 Å². The molecular formula is C9H18N2O3. The molecule has 0 aliphatic carbocycles. The molecule has 0 aromatic heterocycles. The fourth-order valence-electron chi connectivity index (χ4n) is 1.65. The third kappa shape index (κ3) is 2.43. The largest absolute Gasteiger partial charge is 0.388 e. The smallest absolute Gasteiger partial charge is 0.226 e. The highest BCUT2D eigenvalue weighted by atomic mass is 16.3. The third-order valence-electron chi connectivity index (χ3n) is 2.50. The normalized spacial score (nSPS) is 29.3. The van der Waals surface area contributed by atoms with Gasteiger partial charge in [-0.2, -0.15) is 0 Å². The van der Waals surface area contributed by atoms with E-state index in [0.717, 1.165) is 0 Å². The first-order valence-corrected chi connectivity index (χ1v) is 4.85. The van der Waals surface area contributed by atoms with Gasteiger partial charge in [-0.15, -0.1) is 0 Å². The lowest BCUT2D eigenvalue weighted by Gasteiger charge is -2.19. The first kappa shape index (κ1) is 11.4. The predicted molar refractivity (Wildman–Crippen MR) is 51.7 cm³/mol. The van der Waals surface area contributed by atoms with Crippen LogP contribution in [0.15, 0.2) is 0 Å². The van der Waals surface area contributed by atoms with Crippen molar-refractivity contribution in [3.63, 3.8) is 0 Å². The Morgan fingerprint density at radius 2 is 2.00 bits per heavy atom. The second-order valence-electron chi connectivity index (χ2n) is 3.84. The first-order chi connectivity index (χ1) is 6.56. The van der Waals surface area contributed by atoms with Crippen molar-refractivity contribution in [2.24, 2.45) is 5.92 Å². The Labute approximate surface area is 83.7 Å². The monoisotopic (exact) mass is 202 g/mol. The summed E-state index contributed by atoms with van der Waals surface area (Å²) in [7, 11) is 1.79. The Hall–Kier alpha value is -0.650. The number of β-amino-alcohol motifs (C(OH)–C–C–N with tert-alkyl or cyclic N) is 2. The van der Waals surface area contributed by atoms with Crippen LogP contribution in [0.2, 0.25) is 0 Å². The van der Waals surface area contributed by atoms with Crippen LogP contribution in [0.3, 0.4) is 0 Å². The van der Waals surface area contributed by atoms with Crippen molar-refractivity contribution < 1.29 is 15.0 Å². The highest BCUT2D eigenvalue weighted by molar-refractivity contribution is 5.79. The summed E-state index contributed by atoms with van der Waals surface area (Å²) >= 11 is 0. The second kappa shape index (κ2) is 4.72. The van der Waals surface area contributed by atoms with Crippen LogP contribution in [0.25, 0.3) is 0 Å². The molecule has 5 heteroatoms. The van der Waals surface area contributed by atoms with Crippen LogP contribution in [0.1, 0.15) is 6.92 Å². The number of carbonyl (C=O) groups excluding carboxylic acids is 1. The summed E-state index contributed by atoms with van der Waals surface area (Å²) in [5.74, 6) is -0.132. The number of amides is 1. The fraction of sp³-hybridized carbons (Fsp3) is 0.889. The van der Waals surface area contributed by atoms with Gasteiger partial charge in [-0.3, -0.25) is 4.79 Å². The third-order valence-corrected chi connectivity index (χ3v) is 2.50. The molecule has 0 saturated carbocycles. The molecule has 1 aliphatic heterocycles. The molecule has 82 valence electrons. The number of aliphatic hydroxyl groups is 2. The lowest BCUT2D eigenvalue weighted by molar-refractivity contribution is -0.134. The van der Waals surface area contributed by atoms with Gasteiger partial charge < -0.3 is 20.4 Å². The minimum atomic E-state index is -0.791. The van der Waals surface area contributed by atoms with Crippen LogP contribution in [0.4, 0.5) is 0 Å². The van der Waals surface area contributed by atoms with Gasteiger partial charge in [-0.1, -0.05) is 6.92 Å². The maximum atomic E-state index is 11.7. The lowest BCUT2D eigenvalue weighted by atomic mass is 10.1. The molecule has 0 aromatic carbocycles. The number of nitrogens with one attached hydrogen (secondary N) is 1. The SMILES string of the molecule is CNCC(C)C(=O)N1CC(O)C(O)C1. The topological polar surface area (TPSA) is 72.8 Å². The molecule has 0 bridgehead atoms.